The van der Waals surface area contributed by atoms with Crippen LogP contribution in [0.15, 0.2) is 49.3 Å². The number of nitrogens with zero attached hydrogens (tertiary/aromatic N) is 11. The van der Waals surface area contributed by atoms with E-state index in [-0.39, 0.29) is 17.3 Å². The third kappa shape index (κ3) is 6.42. The molecule has 0 aromatic carbocycles. The number of nitrogens with one attached hydrogen (secondary N) is 3. The monoisotopic (exact) mass is 730 g/mol. The third-order valence-corrected chi connectivity index (χ3v) is 12.5. The summed E-state index contributed by atoms with van der Waals surface area (Å²) in [6.45, 7) is 15.6. The Balaban J connectivity index is 0.000000156. The summed E-state index contributed by atoms with van der Waals surface area (Å²) in [6.07, 6.45) is 10.4. The Labute approximate surface area is 307 Å². The highest BCUT2D eigenvalue weighted by atomic mass is 19.3. The van der Waals surface area contributed by atoms with Gasteiger partial charge in [0, 0.05) is 119 Å². The molecule has 9 rings (SSSR count). The number of hydrogen-bond acceptors (Lipinski definition) is 12. The van der Waals surface area contributed by atoms with Gasteiger partial charge >= 0.3 is 0 Å². The minimum atomic E-state index is -2.82. The fraction of sp³-hybridized carbons (Fsp3) is 0.583. The summed E-state index contributed by atoms with van der Waals surface area (Å²) in [5.74, 6) is -1.44. The van der Waals surface area contributed by atoms with Crippen LogP contribution in [0.4, 0.5) is 43.7 Å². The number of likely N-dealkylation sites (tertiary alicyclic amines) is 1. The molecule has 0 radical (unpaired) electrons. The predicted molar refractivity (Wildman–Crippen MR) is 196 cm³/mol. The molecule has 15 nitrogen and oxygen atoms in total. The SMILES string of the molecule is Cn1cc(Nc2nccc(N3C[C@]4(C)CN(C(=O)C5CC5(F)F)C[C@]4(C)C3)n2)cn1.Cn1cc(Nc2nccc(N3C[C@]4(C)CNC[C@]4(C)C3)n2)cn1. The van der Waals surface area contributed by atoms with E-state index >= 15 is 0 Å². The van der Waals surface area contributed by atoms with Gasteiger partial charge in [0.15, 0.2) is 0 Å². The molecule has 5 atom stereocenters. The summed E-state index contributed by atoms with van der Waals surface area (Å²) in [6, 6.07) is 3.87. The molecule has 4 aliphatic heterocycles. The number of amides is 1. The Hall–Kier alpha value is -4.93. The average Bonchev–Trinajstić information content (AvgIpc) is 3.67. The topological polar surface area (TPSA) is 150 Å². The zero-order valence-corrected chi connectivity index (χ0v) is 31.1. The van der Waals surface area contributed by atoms with Gasteiger partial charge in [-0.15, -0.1) is 0 Å². The number of aryl methyl sites for hydroxylation is 2. The van der Waals surface area contributed by atoms with Crippen molar-refractivity contribution in [2.45, 2.75) is 40.0 Å². The van der Waals surface area contributed by atoms with Crippen LogP contribution in [0.1, 0.15) is 34.1 Å². The van der Waals surface area contributed by atoms with Crippen molar-refractivity contribution >= 4 is 40.8 Å². The number of aromatic nitrogens is 8. The number of alkyl halides is 2. The molecule has 0 bridgehead atoms. The summed E-state index contributed by atoms with van der Waals surface area (Å²) in [7, 11) is 3.73. The number of hydrogen-bond donors (Lipinski definition) is 3. The molecule has 0 spiro atoms. The highest BCUT2D eigenvalue weighted by molar-refractivity contribution is 5.83. The minimum absolute atomic E-state index is 0.186. The van der Waals surface area contributed by atoms with Gasteiger partial charge in [0.1, 0.15) is 17.6 Å². The van der Waals surface area contributed by atoms with Crippen LogP contribution in [-0.4, -0.2) is 109 Å². The van der Waals surface area contributed by atoms with Crippen molar-refractivity contribution in [3.05, 3.63) is 49.3 Å². The number of rotatable bonds is 7. The highest BCUT2D eigenvalue weighted by Crippen LogP contribution is 2.55. The molecule has 282 valence electrons. The number of carbonyl (C=O) groups is 1. The standard InChI is InChI=1S/C20H25F2N7O.C16H23N7/c1-18-9-28(15-4-5-23-17(26-15)25-13-7-24-27(3)8-13)10-19(18,2)12-29(11-18)16(30)14-6-20(14,21)22;1-15-8-17-9-16(15,2)11-23(10-15)13-4-5-18-14(21-13)20-12-6-19-22(3)7-12/h4-5,7-8,14H,6,9-12H2,1-3H3,(H,23,25,26);4-7,17H,8-11H2,1-3H3,(H,18,20,21)/t14?,18-,19+;15-,16+. The second kappa shape index (κ2) is 12.3. The fourth-order valence-electron chi connectivity index (χ4n) is 8.68. The van der Waals surface area contributed by atoms with E-state index in [0.717, 1.165) is 49.2 Å². The molecule has 8 heterocycles. The second-order valence-electron chi connectivity index (χ2n) is 16.8. The first-order chi connectivity index (χ1) is 25.1. The third-order valence-electron chi connectivity index (χ3n) is 12.5. The smallest absolute Gasteiger partial charge is 0.260 e. The molecule has 1 saturated carbocycles. The zero-order chi connectivity index (χ0) is 37.4. The van der Waals surface area contributed by atoms with Crippen LogP contribution >= 0.6 is 0 Å². The average molecular weight is 731 g/mol. The summed E-state index contributed by atoms with van der Waals surface area (Å²) < 4.78 is 30.2. The zero-order valence-electron chi connectivity index (χ0n) is 31.1. The highest BCUT2D eigenvalue weighted by Gasteiger charge is 2.65. The van der Waals surface area contributed by atoms with E-state index < -0.39 is 17.7 Å². The largest absolute Gasteiger partial charge is 0.355 e. The van der Waals surface area contributed by atoms with E-state index in [9.17, 15) is 13.6 Å². The van der Waals surface area contributed by atoms with E-state index in [2.05, 4.69) is 78.6 Å². The van der Waals surface area contributed by atoms with Gasteiger partial charge < -0.3 is 30.7 Å². The number of fused-ring (bicyclic) bond motifs is 2. The van der Waals surface area contributed by atoms with E-state index in [1.165, 1.54) is 0 Å². The van der Waals surface area contributed by atoms with Crippen LogP contribution < -0.4 is 25.8 Å². The van der Waals surface area contributed by atoms with Gasteiger partial charge in [0.2, 0.25) is 17.8 Å². The Morgan fingerprint density at radius 1 is 0.736 bits per heavy atom. The van der Waals surface area contributed by atoms with Crippen molar-refractivity contribution in [3.8, 4) is 0 Å². The maximum absolute atomic E-state index is 13.4. The molecule has 1 aliphatic carbocycles. The summed E-state index contributed by atoms with van der Waals surface area (Å²) in [5.41, 5.74) is 1.93. The molecular weight excluding hydrogens is 682 g/mol. The van der Waals surface area contributed by atoms with E-state index in [1.807, 2.05) is 44.8 Å². The molecular formula is C36H48F2N14O. The lowest BCUT2D eigenvalue weighted by Crippen LogP contribution is -2.37. The Morgan fingerprint density at radius 2 is 1.17 bits per heavy atom. The van der Waals surface area contributed by atoms with Crippen LogP contribution in [0.5, 0.6) is 0 Å². The summed E-state index contributed by atoms with van der Waals surface area (Å²) in [5, 5.41) is 18.2. The minimum Gasteiger partial charge on any atom is -0.355 e. The van der Waals surface area contributed by atoms with Crippen molar-refractivity contribution in [3.63, 3.8) is 0 Å². The number of carbonyl (C=O) groups excluding carboxylic acids is 1. The maximum atomic E-state index is 13.4. The summed E-state index contributed by atoms with van der Waals surface area (Å²) >= 11 is 0. The lowest BCUT2D eigenvalue weighted by atomic mass is 9.71. The van der Waals surface area contributed by atoms with Gasteiger partial charge in [-0.2, -0.15) is 20.2 Å². The Morgan fingerprint density at radius 3 is 1.57 bits per heavy atom. The second-order valence-corrected chi connectivity index (χ2v) is 16.8. The van der Waals surface area contributed by atoms with Crippen LogP contribution in [0.25, 0.3) is 0 Å². The van der Waals surface area contributed by atoms with Crippen molar-refractivity contribution in [1.82, 2.24) is 49.7 Å². The molecule has 17 heteroatoms. The first-order valence-electron chi connectivity index (χ1n) is 18.1. The first kappa shape index (κ1) is 35.1. The summed E-state index contributed by atoms with van der Waals surface area (Å²) in [4.78, 5) is 36.7. The van der Waals surface area contributed by atoms with E-state index in [4.69, 9.17) is 4.98 Å². The molecule has 5 aliphatic rings. The maximum Gasteiger partial charge on any atom is 0.260 e. The van der Waals surface area contributed by atoms with Crippen molar-refractivity contribution < 1.29 is 13.6 Å². The Bertz CT molecular complexity index is 1980. The Kier molecular flexibility index (Phi) is 8.16. The van der Waals surface area contributed by atoms with Gasteiger partial charge in [-0.25, -0.2) is 18.7 Å². The molecule has 4 aromatic heterocycles. The van der Waals surface area contributed by atoms with Crippen molar-refractivity contribution in [2.75, 3.05) is 72.8 Å². The van der Waals surface area contributed by atoms with E-state index in [1.54, 1.807) is 32.9 Å². The lowest BCUT2D eigenvalue weighted by Gasteiger charge is -2.30. The van der Waals surface area contributed by atoms with Crippen LogP contribution in [0.2, 0.25) is 0 Å². The van der Waals surface area contributed by atoms with Gasteiger partial charge in [-0.3, -0.25) is 14.2 Å². The van der Waals surface area contributed by atoms with Crippen LogP contribution in [0.3, 0.4) is 0 Å². The van der Waals surface area contributed by atoms with Gasteiger partial charge in [-0.05, 0) is 12.1 Å². The molecule has 5 fully saturated rings. The number of halogens is 2. The number of anilines is 6. The molecule has 4 saturated heterocycles. The van der Waals surface area contributed by atoms with Crippen molar-refractivity contribution in [2.24, 2.45) is 41.7 Å². The molecule has 1 amide bonds. The fourth-order valence-corrected chi connectivity index (χ4v) is 8.68. The normalized spacial score (nSPS) is 30.9. The van der Waals surface area contributed by atoms with Gasteiger partial charge in [0.25, 0.3) is 5.92 Å². The molecule has 53 heavy (non-hydrogen) atoms. The molecule has 1 unspecified atom stereocenters. The van der Waals surface area contributed by atoms with Gasteiger partial charge in [0.05, 0.1) is 23.8 Å². The van der Waals surface area contributed by atoms with E-state index in [0.29, 0.717) is 48.9 Å². The quantitative estimate of drug-likeness (QED) is 0.255. The predicted octanol–water partition coefficient (Wildman–Crippen LogP) is 3.67. The molecule has 4 aromatic rings. The lowest BCUT2D eigenvalue weighted by molar-refractivity contribution is -0.134. The van der Waals surface area contributed by atoms with Crippen LogP contribution in [0, 0.1) is 27.6 Å². The van der Waals surface area contributed by atoms with Crippen LogP contribution in [-0.2, 0) is 18.9 Å². The molecule has 3 N–H and O–H groups in total. The first-order valence-corrected chi connectivity index (χ1v) is 18.1. The van der Waals surface area contributed by atoms with Gasteiger partial charge in [-0.1, -0.05) is 27.7 Å². The van der Waals surface area contributed by atoms with Crippen molar-refractivity contribution in [1.29, 1.82) is 0 Å².